The van der Waals surface area contributed by atoms with Gasteiger partial charge in [-0.1, -0.05) is 12.1 Å². The lowest BCUT2D eigenvalue weighted by Gasteiger charge is -2.12. The fourth-order valence-electron chi connectivity index (χ4n) is 1.25. The molecule has 1 atom stereocenters. The van der Waals surface area contributed by atoms with Crippen molar-refractivity contribution in [1.82, 2.24) is 5.32 Å². The molecule has 3 N–H and O–H groups in total. The predicted octanol–water partition coefficient (Wildman–Crippen LogP) is 1.51. The fraction of sp³-hybridized carbons (Fsp3) is 0.417. The molecule has 5 heteroatoms. The Morgan fingerprint density at radius 3 is 2.88 bits per heavy atom. The monoisotopic (exact) mass is 254 g/mol. The van der Waals surface area contributed by atoms with Gasteiger partial charge in [0.15, 0.2) is 0 Å². The summed E-state index contributed by atoms with van der Waals surface area (Å²) in [6, 6.07) is 7.54. The maximum absolute atomic E-state index is 11.7. The molecule has 1 aromatic rings. The minimum Gasteiger partial charge on any atom is -0.398 e. The lowest BCUT2D eigenvalue weighted by atomic mass is 10.3. The summed E-state index contributed by atoms with van der Waals surface area (Å²) in [5, 5.41) is 2.63. The highest BCUT2D eigenvalue weighted by molar-refractivity contribution is 8.00. The third-order valence-corrected chi connectivity index (χ3v) is 3.39. The number of hydrogen-bond donors (Lipinski definition) is 2. The van der Waals surface area contributed by atoms with Crippen molar-refractivity contribution in [3.63, 3.8) is 0 Å². The molecule has 1 unspecified atom stereocenters. The van der Waals surface area contributed by atoms with Crippen LogP contribution in [0.1, 0.15) is 6.92 Å². The number of para-hydroxylation sites is 1. The summed E-state index contributed by atoms with van der Waals surface area (Å²) >= 11 is 1.46. The van der Waals surface area contributed by atoms with Crippen LogP contribution >= 0.6 is 11.8 Å². The molecule has 94 valence electrons. The van der Waals surface area contributed by atoms with Crippen molar-refractivity contribution in [3.05, 3.63) is 24.3 Å². The van der Waals surface area contributed by atoms with Crippen LogP contribution in [0.2, 0.25) is 0 Å². The molecule has 0 bridgehead atoms. The molecular formula is C12H18N2O2S. The van der Waals surface area contributed by atoms with E-state index in [1.807, 2.05) is 31.2 Å². The van der Waals surface area contributed by atoms with Gasteiger partial charge in [-0.2, -0.15) is 0 Å². The van der Waals surface area contributed by atoms with E-state index in [9.17, 15) is 4.79 Å². The average molecular weight is 254 g/mol. The van der Waals surface area contributed by atoms with E-state index >= 15 is 0 Å². The van der Waals surface area contributed by atoms with Crippen LogP contribution in [0.25, 0.3) is 0 Å². The summed E-state index contributed by atoms with van der Waals surface area (Å²) in [7, 11) is 1.61. The molecule has 0 aromatic heterocycles. The number of nitrogen functional groups attached to an aromatic ring is 1. The first-order valence-electron chi connectivity index (χ1n) is 5.43. The molecule has 0 aliphatic carbocycles. The van der Waals surface area contributed by atoms with Crippen molar-refractivity contribution < 1.29 is 9.53 Å². The Balaban J connectivity index is 2.46. The van der Waals surface area contributed by atoms with Crippen molar-refractivity contribution in [1.29, 1.82) is 0 Å². The Morgan fingerprint density at radius 2 is 2.24 bits per heavy atom. The highest BCUT2D eigenvalue weighted by Gasteiger charge is 2.14. The third kappa shape index (κ3) is 4.66. The van der Waals surface area contributed by atoms with Crippen LogP contribution in [-0.2, 0) is 9.53 Å². The van der Waals surface area contributed by atoms with Crippen LogP contribution < -0.4 is 11.1 Å². The summed E-state index contributed by atoms with van der Waals surface area (Å²) in [6.45, 7) is 2.92. The van der Waals surface area contributed by atoms with Crippen LogP contribution in [0.5, 0.6) is 0 Å². The summed E-state index contributed by atoms with van der Waals surface area (Å²) < 4.78 is 4.87. The quantitative estimate of drug-likeness (QED) is 0.459. The molecule has 1 aromatic carbocycles. The van der Waals surface area contributed by atoms with Gasteiger partial charge < -0.3 is 15.8 Å². The second kappa shape index (κ2) is 7.19. The van der Waals surface area contributed by atoms with E-state index in [1.54, 1.807) is 7.11 Å². The van der Waals surface area contributed by atoms with Crippen molar-refractivity contribution in [2.24, 2.45) is 0 Å². The number of rotatable bonds is 6. The molecule has 17 heavy (non-hydrogen) atoms. The maximum atomic E-state index is 11.7. The zero-order chi connectivity index (χ0) is 12.7. The summed E-state index contributed by atoms with van der Waals surface area (Å²) in [5.41, 5.74) is 6.52. The third-order valence-electron chi connectivity index (χ3n) is 2.20. The van der Waals surface area contributed by atoms with Gasteiger partial charge >= 0.3 is 0 Å². The first-order chi connectivity index (χ1) is 8.15. The SMILES string of the molecule is COCCNC(=O)C(C)Sc1ccccc1N. The number of benzene rings is 1. The number of carbonyl (C=O) groups excluding carboxylic acids is 1. The minimum atomic E-state index is -0.170. The van der Waals surface area contributed by atoms with Crippen molar-refractivity contribution in [2.45, 2.75) is 17.1 Å². The van der Waals surface area contributed by atoms with Crippen LogP contribution in [-0.4, -0.2) is 31.4 Å². The molecule has 0 saturated carbocycles. The Hall–Kier alpha value is -1.20. The molecule has 1 rings (SSSR count). The zero-order valence-electron chi connectivity index (χ0n) is 10.1. The van der Waals surface area contributed by atoms with Gasteiger partial charge in [0.2, 0.25) is 5.91 Å². The summed E-state index contributed by atoms with van der Waals surface area (Å²) in [5.74, 6) is -0.00435. The predicted molar refractivity (Wildman–Crippen MR) is 71.1 cm³/mol. The number of amides is 1. The van der Waals surface area contributed by atoms with Crippen LogP contribution in [0.3, 0.4) is 0 Å². The average Bonchev–Trinajstić information content (AvgIpc) is 2.32. The second-order valence-electron chi connectivity index (χ2n) is 3.58. The second-order valence-corrected chi connectivity index (χ2v) is 4.96. The smallest absolute Gasteiger partial charge is 0.233 e. The van der Waals surface area contributed by atoms with E-state index in [2.05, 4.69) is 5.32 Å². The fourth-order valence-corrected chi connectivity index (χ4v) is 2.18. The molecule has 0 aliphatic heterocycles. The van der Waals surface area contributed by atoms with E-state index in [0.717, 1.165) is 4.90 Å². The largest absolute Gasteiger partial charge is 0.398 e. The first kappa shape index (κ1) is 13.9. The number of nitrogens with one attached hydrogen (secondary N) is 1. The molecule has 0 radical (unpaired) electrons. The van der Waals surface area contributed by atoms with Gasteiger partial charge in [0, 0.05) is 24.2 Å². The summed E-state index contributed by atoms with van der Waals surface area (Å²) in [4.78, 5) is 12.6. The van der Waals surface area contributed by atoms with Crippen LogP contribution in [0.15, 0.2) is 29.2 Å². The van der Waals surface area contributed by atoms with Gasteiger partial charge in [0.05, 0.1) is 11.9 Å². The number of methoxy groups -OCH3 is 1. The standard InChI is InChI=1S/C12H18N2O2S/c1-9(12(15)14-7-8-16-2)17-11-6-4-3-5-10(11)13/h3-6,9H,7-8,13H2,1-2H3,(H,14,15). The van der Waals surface area contributed by atoms with E-state index < -0.39 is 0 Å². The van der Waals surface area contributed by atoms with E-state index in [0.29, 0.717) is 18.8 Å². The van der Waals surface area contributed by atoms with Gasteiger partial charge in [0.1, 0.15) is 0 Å². The van der Waals surface area contributed by atoms with E-state index in [4.69, 9.17) is 10.5 Å². The number of carbonyl (C=O) groups is 1. The van der Waals surface area contributed by atoms with Crippen molar-refractivity contribution in [3.8, 4) is 0 Å². The van der Waals surface area contributed by atoms with E-state index in [-0.39, 0.29) is 11.2 Å². The molecule has 0 spiro atoms. The van der Waals surface area contributed by atoms with Gasteiger partial charge in [-0.15, -0.1) is 11.8 Å². The molecule has 4 nitrogen and oxygen atoms in total. The zero-order valence-corrected chi connectivity index (χ0v) is 10.9. The van der Waals surface area contributed by atoms with Crippen LogP contribution in [0.4, 0.5) is 5.69 Å². The highest BCUT2D eigenvalue weighted by Crippen LogP contribution is 2.28. The minimum absolute atomic E-state index is 0.00435. The number of hydrogen-bond acceptors (Lipinski definition) is 4. The summed E-state index contributed by atoms with van der Waals surface area (Å²) in [6.07, 6.45) is 0. The molecule has 0 aliphatic rings. The molecule has 0 heterocycles. The maximum Gasteiger partial charge on any atom is 0.233 e. The topological polar surface area (TPSA) is 64.3 Å². The molecule has 0 saturated heterocycles. The van der Waals surface area contributed by atoms with Gasteiger partial charge in [0.25, 0.3) is 0 Å². The Labute approximate surface area is 106 Å². The van der Waals surface area contributed by atoms with Crippen molar-refractivity contribution >= 4 is 23.4 Å². The van der Waals surface area contributed by atoms with E-state index in [1.165, 1.54) is 11.8 Å². The molecule has 1 amide bonds. The molecular weight excluding hydrogens is 236 g/mol. The Bertz CT molecular complexity index is 371. The first-order valence-corrected chi connectivity index (χ1v) is 6.31. The highest BCUT2D eigenvalue weighted by atomic mass is 32.2. The molecule has 0 fully saturated rings. The normalized spacial score (nSPS) is 12.1. The lowest BCUT2D eigenvalue weighted by Crippen LogP contribution is -2.33. The van der Waals surface area contributed by atoms with Crippen molar-refractivity contribution in [2.75, 3.05) is 26.0 Å². The number of anilines is 1. The van der Waals surface area contributed by atoms with Gasteiger partial charge in [-0.25, -0.2) is 0 Å². The lowest BCUT2D eigenvalue weighted by molar-refractivity contribution is -0.120. The van der Waals surface area contributed by atoms with Gasteiger partial charge in [-0.05, 0) is 19.1 Å². The number of nitrogens with two attached hydrogens (primary N) is 1. The van der Waals surface area contributed by atoms with Crippen LogP contribution in [0, 0.1) is 0 Å². The number of ether oxygens (including phenoxy) is 1. The number of thioether (sulfide) groups is 1. The Morgan fingerprint density at radius 1 is 1.53 bits per heavy atom. The Kier molecular flexibility index (Phi) is 5.86. The van der Waals surface area contributed by atoms with Gasteiger partial charge in [-0.3, -0.25) is 4.79 Å².